The van der Waals surface area contributed by atoms with Crippen LogP contribution in [-0.4, -0.2) is 60.0 Å². The number of aryl methyl sites for hydroxylation is 1. The van der Waals surface area contributed by atoms with Gasteiger partial charge in [0, 0.05) is 37.9 Å². The number of ether oxygens (including phenoxy) is 2. The number of anilines is 1. The Bertz CT molecular complexity index is 1060. The van der Waals surface area contributed by atoms with Gasteiger partial charge in [-0.15, -0.1) is 0 Å². The maximum Gasteiger partial charge on any atom is 0.272 e. The van der Waals surface area contributed by atoms with E-state index in [0.29, 0.717) is 32.0 Å². The van der Waals surface area contributed by atoms with Crippen molar-refractivity contribution in [1.82, 2.24) is 14.7 Å². The molecule has 3 aromatic rings. The van der Waals surface area contributed by atoms with Gasteiger partial charge in [-0.25, -0.2) is 4.68 Å². The molecule has 0 saturated carbocycles. The van der Waals surface area contributed by atoms with Crippen molar-refractivity contribution in [1.29, 1.82) is 0 Å². The summed E-state index contributed by atoms with van der Waals surface area (Å²) in [5.74, 6) is 1.60. The maximum atomic E-state index is 13.3. The van der Waals surface area contributed by atoms with Gasteiger partial charge in [0.25, 0.3) is 5.91 Å². The second-order valence-electron chi connectivity index (χ2n) is 7.53. The monoisotopic (exact) mass is 404 g/mol. The molecule has 2 aliphatic heterocycles. The van der Waals surface area contributed by atoms with E-state index in [2.05, 4.69) is 16.1 Å². The summed E-state index contributed by atoms with van der Waals surface area (Å²) in [5, 5.41) is 4.53. The SMILES string of the molecule is Cc1cc(C(=O)N2CCN(c3ccc4c(c3)OCCO4)CC2)n(-c2ccccc2)n1. The highest BCUT2D eigenvalue weighted by Crippen LogP contribution is 2.34. The van der Waals surface area contributed by atoms with Gasteiger partial charge in [-0.1, -0.05) is 18.2 Å². The van der Waals surface area contributed by atoms with E-state index < -0.39 is 0 Å². The van der Waals surface area contributed by atoms with Gasteiger partial charge in [-0.3, -0.25) is 4.79 Å². The van der Waals surface area contributed by atoms with E-state index >= 15 is 0 Å². The van der Waals surface area contributed by atoms with Crippen molar-refractivity contribution in [2.75, 3.05) is 44.3 Å². The van der Waals surface area contributed by atoms with E-state index in [0.717, 1.165) is 41.7 Å². The second kappa shape index (κ2) is 7.74. The fourth-order valence-electron chi connectivity index (χ4n) is 3.98. The van der Waals surface area contributed by atoms with E-state index in [4.69, 9.17) is 9.47 Å². The van der Waals surface area contributed by atoms with Crippen molar-refractivity contribution in [2.24, 2.45) is 0 Å². The van der Waals surface area contributed by atoms with Gasteiger partial charge in [0.1, 0.15) is 18.9 Å². The minimum absolute atomic E-state index is 0.0151. The zero-order valence-electron chi connectivity index (χ0n) is 17.0. The van der Waals surface area contributed by atoms with Crippen LogP contribution in [-0.2, 0) is 0 Å². The lowest BCUT2D eigenvalue weighted by molar-refractivity contribution is 0.0737. The smallest absolute Gasteiger partial charge is 0.272 e. The van der Waals surface area contributed by atoms with Crippen molar-refractivity contribution in [3.8, 4) is 17.2 Å². The van der Waals surface area contributed by atoms with Crippen LogP contribution in [0.5, 0.6) is 11.5 Å². The van der Waals surface area contributed by atoms with Crippen LogP contribution < -0.4 is 14.4 Å². The number of rotatable bonds is 3. The quantitative estimate of drug-likeness (QED) is 0.672. The minimum atomic E-state index is 0.0151. The summed E-state index contributed by atoms with van der Waals surface area (Å²) in [6.07, 6.45) is 0. The van der Waals surface area contributed by atoms with Crippen LogP contribution >= 0.6 is 0 Å². The number of amides is 1. The Morgan fingerprint density at radius 3 is 2.37 bits per heavy atom. The van der Waals surface area contributed by atoms with Crippen molar-refractivity contribution in [3.63, 3.8) is 0 Å². The average Bonchev–Trinajstić information content (AvgIpc) is 3.20. The lowest BCUT2D eigenvalue weighted by atomic mass is 10.2. The summed E-state index contributed by atoms with van der Waals surface area (Å²) in [6, 6.07) is 17.7. The molecule has 0 aliphatic carbocycles. The second-order valence-corrected chi connectivity index (χ2v) is 7.53. The maximum absolute atomic E-state index is 13.3. The summed E-state index contributed by atoms with van der Waals surface area (Å²) >= 11 is 0. The minimum Gasteiger partial charge on any atom is -0.486 e. The molecule has 5 rings (SSSR count). The number of para-hydroxylation sites is 1. The first kappa shape index (κ1) is 18.5. The summed E-state index contributed by atoms with van der Waals surface area (Å²) in [7, 11) is 0. The Morgan fingerprint density at radius 1 is 0.867 bits per heavy atom. The summed E-state index contributed by atoms with van der Waals surface area (Å²) < 4.78 is 13.1. The number of carbonyl (C=O) groups is 1. The highest BCUT2D eigenvalue weighted by Gasteiger charge is 2.26. The fraction of sp³-hybridized carbons (Fsp3) is 0.304. The number of piperazine rings is 1. The normalized spacial score (nSPS) is 15.9. The highest BCUT2D eigenvalue weighted by atomic mass is 16.6. The lowest BCUT2D eigenvalue weighted by Gasteiger charge is -2.36. The Hall–Kier alpha value is -3.48. The molecule has 1 amide bonds. The van der Waals surface area contributed by atoms with Gasteiger partial charge >= 0.3 is 0 Å². The fourth-order valence-corrected chi connectivity index (χ4v) is 3.98. The van der Waals surface area contributed by atoms with E-state index in [-0.39, 0.29) is 5.91 Å². The first-order valence-electron chi connectivity index (χ1n) is 10.2. The molecule has 7 nitrogen and oxygen atoms in total. The highest BCUT2D eigenvalue weighted by molar-refractivity contribution is 5.93. The number of carbonyl (C=O) groups excluding carboxylic acids is 1. The molecule has 0 atom stereocenters. The molecule has 0 radical (unpaired) electrons. The van der Waals surface area contributed by atoms with Crippen LogP contribution in [0.15, 0.2) is 54.6 Å². The zero-order valence-corrected chi connectivity index (χ0v) is 17.0. The number of hydrogen-bond acceptors (Lipinski definition) is 5. The van der Waals surface area contributed by atoms with Gasteiger partial charge in [-0.05, 0) is 37.3 Å². The van der Waals surface area contributed by atoms with Crippen molar-refractivity contribution in [3.05, 3.63) is 66.0 Å². The van der Waals surface area contributed by atoms with E-state index in [1.807, 2.05) is 60.4 Å². The van der Waals surface area contributed by atoms with E-state index in [1.54, 1.807) is 4.68 Å². The van der Waals surface area contributed by atoms with Crippen LogP contribution in [0.2, 0.25) is 0 Å². The van der Waals surface area contributed by atoms with Gasteiger partial charge in [0.15, 0.2) is 11.5 Å². The van der Waals surface area contributed by atoms with Crippen LogP contribution in [0.3, 0.4) is 0 Å². The molecule has 3 heterocycles. The van der Waals surface area contributed by atoms with Crippen LogP contribution in [0, 0.1) is 6.92 Å². The Balaban J connectivity index is 1.30. The van der Waals surface area contributed by atoms with Crippen molar-refractivity contribution in [2.45, 2.75) is 6.92 Å². The largest absolute Gasteiger partial charge is 0.486 e. The molecule has 30 heavy (non-hydrogen) atoms. The van der Waals surface area contributed by atoms with Crippen molar-refractivity contribution >= 4 is 11.6 Å². The Morgan fingerprint density at radius 2 is 1.60 bits per heavy atom. The molecule has 7 heteroatoms. The molecular weight excluding hydrogens is 380 g/mol. The molecule has 1 fully saturated rings. The number of fused-ring (bicyclic) bond motifs is 1. The molecule has 2 aliphatic rings. The van der Waals surface area contributed by atoms with Gasteiger partial charge in [0.2, 0.25) is 0 Å². The molecule has 0 unspecified atom stereocenters. The number of aromatic nitrogens is 2. The molecule has 0 bridgehead atoms. The summed E-state index contributed by atoms with van der Waals surface area (Å²) in [5.41, 5.74) is 3.42. The lowest BCUT2D eigenvalue weighted by Crippen LogP contribution is -2.49. The Kier molecular flexibility index (Phi) is 4.78. The first-order chi connectivity index (χ1) is 14.7. The predicted octanol–water partition coefficient (Wildman–Crippen LogP) is 2.91. The molecule has 1 aromatic heterocycles. The first-order valence-corrected chi connectivity index (χ1v) is 10.2. The van der Waals surface area contributed by atoms with Crippen LogP contribution in [0.1, 0.15) is 16.2 Å². The molecule has 0 spiro atoms. The van der Waals surface area contributed by atoms with Gasteiger partial charge in [-0.2, -0.15) is 5.10 Å². The molecular formula is C23H24N4O3. The topological polar surface area (TPSA) is 59.8 Å². The van der Waals surface area contributed by atoms with Crippen LogP contribution in [0.25, 0.3) is 5.69 Å². The zero-order chi connectivity index (χ0) is 20.5. The Labute approximate surface area is 175 Å². The number of benzene rings is 2. The summed E-state index contributed by atoms with van der Waals surface area (Å²) in [6.45, 7) is 5.93. The van der Waals surface area contributed by atoms with Crippen molar-refractivity contribution < 1.29 is 14.3 Å². The van der Waals surface area contributed by atoms with Crippen LogP contribution in [0.4, 0.5) is 5.69 Å². The molecule has 154 valence electrons. The number of nitrogens with zero attached hydrogens (tertiary/aromatic N) is 4. The molecule has 2 aromatic carbocycles. The van der Waals surface area contributed by atoms with E-state index in [1.165, 1.54) is 0 Å². The third kappa shape index (κ3) is 3.47. The predicted molar refractivity (Wildman–Crippen MR) is 114 cm³/mol. The molecule has 1 saturated heterocycles. The molecule has 0 N–H and O–H groups in total. The van der Waals surface area contributed by atoms with Gasteiger partial charge < -0.3 is 19.3 Å². The third-order valence-corrected chi connectivity index (χ3v) is 5.51. The average molecular weight is 404 g/mol. The number of hydrogen-bond donors (Lipinski definition) is 0. The summed E-state index contributed by atoms with van der Waals surface area (Å²) in [4.78, 5) is 17.4. The van der Waals surface area contributed by atoms with E-state index in [9.17, 15) is 4.79 Å². The standard InChI is InChI=1S/C23H24N4O3/c1-17-15-20(27(24-17)18-5-3-2-4-6-18)23(28)26-11-9-25(10-12-26)19-7-8-21-22(16-19)30-14-13-29-21/h2-8,15-16H,9-14H2,1H3. The van der Waals surface area contributed by atoms with Gasteiger partial charge in [0.05, 0.1) is 11.4 Å². The third-order valence-electron chi connectivity index (χ3n) is 5.51.